The fourth-order valence-electron chi connectivity index (χ4n) is 2.20. The molecule has 2 atom stereocenters. The predicted molar refractivity (Wildman–Crippen MR) is 80.6 cm³/mol. The molecule has 7 nitrogen and oxygen atoms in total. The van der Waals surface area contributed by atoms with Gasteiger partial charge < -0.3 is 9.52 Å². The van der Waals surface area contributed by atoms with Gasteiger partial charge in [-0.15, -0.1) is 11.8 Å². The summed E-state index contributed by atoms with van der Waals surface area (Å²) in [6.45, 7) is 0. The topological polar surface area (TPSA) is 106 Å². The smallest absolute Gasteiger partial charge is 0.321 e. The van der Waals surface area contributed by atoms with Gasteiger partial charge in [0.2, 0.25) is 0 Å². The third-order valence-corrected chi connectivity index (χ3v) is 4.53. The van der Waals surface area contributed by atoms with E-state index < -0.39 is 16.9 Å². The van der Waals surface area contributed by atoms with Gasteiger partial charge in [0.05, 0.1) is 4.92 Å². The summed E-state index contributed by atoms with van der Waals surface area (Å²) >= 11 is 1.45. The van der Waals surface area contributed by atoms with Crippen molar-refractivity contribution in [3.05, 3.63) is 52.3 Å². The SMILES string of the molecule is O=C(O)[C@H]1CS[C@H](c2ccc(-c3cccc([N+](=O)[O-])c3)o2)N1. The molecule has 0 radical (unpaired) electrons. The number of hydrogen-bond donors (Lipinski definition) is 2. The minimum atomic E-state index is -0.888. The number of carboxylic acids is 1. The van der Waals surface area contributed by atoms with Crippen LogP contribution in [-0.2, 0) is 4.79 Å². The monoisotopic (exact) mass is 320 g/mol. The van der Waals surface area contributed by atoms with Gasteiger partial charge >= 0.3 is 5.97 Å². The first-order valence-corrected chi connectivity index (χ1v) is 7.54. The minimum Gasteiger partial charge on any atom is -0.480 e. The molecule has 2 heterocycles. The summed E-state index contributed by atoms with van der Waals surface area (Å²) in [5, 5.41) is 22.5. The molecule has 8 heteroatoms. The van der Waals surface area contributed by atoms with Crippen LogP contribution >= 0.6 is 11.8 Å². The maximum Gasteiger partial charge on any atom is 0.321 e. The lowest BCUT2D eigenvalue weighted by Gasteiger charge is -2.07. The molecule has 1 aliphatic rings. The number of nitrogens with one attached hydrogen (secondary N) is 1. The average molecular weight is 320 g/mol. The Morgan fingerprint density at radius 3 is 2.91 bits per heavy atom. The molecule has 1 aromatic heterocycles. The quantitative estimate of drug-likeness (QED) is 0.659. The molecular formula is C14H12N2O5S. The van der Waals surface area contributed by atoms with E-state index in [0.717, 1.165) is 0 Å². The van der Waals surface area contributed by atoms with Crippen molar-refractivity contribution in [3.63, 3.8) is 0 Å². The van der Waals surface area contributed by atoms with Crippen LogP contribution in [0.5, 0.6) is 0 Å². The zero-order valence-electron chi connectivity index (χ0n) is 11.3. The third-order valence-electron chi connectivity index (χ3n) is 3.31. The molecule has 1 aliphatic heterocycles. The van der Waals surface area contributed by atoms with Crippen molar-refractivity contribution < 1.29 is 19.2 Å². The Kier molecular flexibility index (Phi) is 3.86. The second-order valence-electron chi connectivity index (χ2n) is 4.78. The molecule has 1 fully saturated rings. The summed E-state index contributed by atoms with van der Waals surface area (Å²) in [4.78, 5) is 21.3. The van der Waals surface area contributed by atoms with Crippen molar-refractivity contribution in [1.29, 1.82) is 0 Å². The lowest BCUT2D eigenvalue weighted by Crippen LogP contribution is -2.33. The molecule has 1 aromatic carbocycles. The highest BCUT2D eigenvalue weighted by molar-refractivity contribution is 7.99. The van der Waals surface area contributed by atoms with Crippen LogP contribution in [0.2, 0.25) is 0 Å². The van der Waals surface area contributed by atoms with Crippen molar-refractivity contribution in [2.24, 2.45) is 0 Å². The summed E-state index contributed by atoms with van der Waals surface area (Å²) in [7, 11) is 0. The molecule has 0 unspecified atom stereocenters. The normalized spacial score (nSPS) is 20.9. The molecule has 0 aliphatic carbocycles. The second-order valence-corrected chi connectivity index (χ2v) is 5.92. The third kappa shape index (κ3) is 2.83. The highest BCUT2D eigenvalue weighted by atomic mass is 32.2. The van der Waals surface area contributed by atoms with E-state index in [4.69, 9.17) is 9.52 Å². The first kappa shape index (κ1) is 14.6. The number of hydrogen-bond acceptors (Lipinski definition) is 6. The molecule has 0 spiro atoms. The van der Waals surface area contributed by atoms with E-state index in [1.807, 2.05) is 0 Å². The first-order valence-electron chi connectivity index (χ1n) is 6.49. The number of benzene rings is 1. The molecule has 2 N–H and O–H groups in total. The maximum absolute atomic E-state index is 10.9. The molecule has 0 bridgehead atoms. The van der Waals surface area contributed by atoms with E-state index in [1.165, 1.54) is 23.9 Å². The summed E-state index contributed by atoms with van der Waals surface area (Å²) in [6, 6.07) is 9.07. The van der Waals surface area contributed by atoms with Crippen LogP contribution in [0.4, 0.5) is 5.69 Å². The van der Waals surface area contributed by atoms with Crippen molar-refractivity contribution in [2.75, 3.05) is 5.75 Å². The number of nitro benzene ring substituents is 1. The number of carboxylic acid groups (broad SMARTS) is 1. The largest absolute Gasteiger partial charge is 0.480 e. The van der Waals surface area contributed by atoms with E-state index in [9.17, 15) is 14.9 Å². The number of nitro groups is 1. The summed E-state index contributed by atoms with van der Waals surface area (Å²) in [5.74, 6) is 0.697. The van der Waals surface area contributed by atoms with Crippen LogP contribution in [0.25, 0.3) is 11.3 Å². The van der Waals surface area contributed by atoms with Crippen LogP contribution < -0.4 is 5.32 Å². The second kappa shape index (κ2) is 5.82. The van der Waals surface area contributed by atoms with Crippen LogP contribution in [0.15, 0.2) is 40.8 Å². The maximum atomic E-state index is 10.9. The molecule has 0 amide bonds. The molecule has 1 saturated heterocycles. The Hall–Kier alpha value is -2.32. The number of rotatable bonds is 4. The molecule has 3 rings (SSSR count). The van der Waals surface area contributed by atoms with Gasteiger partial charge in [-0.2, -0.15) is 0 Å². The summed E-state index contributed by atoms with van der Waals surface area (Å²) in [5.41, 5.74) is 0.605. The number of aliphatic carboxylic acids is 1. The van der Waals surface area contributed by atoms with E-state index in [1.54, 1.807) is 24.3 Å². The number of non-ortho nitro benzene ring substituents is 1. The summed E-state index contributed by atoms with van der Waals surface area (Å²) < 4.78 is 5.72. The molecular weight excluding hydrogens is 308 g/mol. The Morgan fingerprint density at radius 1 is 1.41 bits per heavy atom. The first-order chi connectivity index (χ1) is 10.5. The van der Waals surface area contributed by atoms with Gasteiger partial charge in [-0.05, 0) is 12.1 Å². The van der Waals surface area contributed by atoms with Crippen molar-refractivity contribution in [3.8, 4) is 11.3 Å². The Bertz CT molecular complexity index is 730. The Morgan fingerprint density at radius 2 is 2.23 bits per heavy atom. The van der Waals surface area contributed by atoms with E-state index in [-0.39, 0.29) is 11.1 Å². The summed E-state index contributed by atoms with van der Waals surface area (Å²) in [6.07, 6.45) is 0. The minimum absolute atomic E-state index is 0.00485. The lowest BCUT2D eigenvalue weighted by molar-refractivity contribution is -0.384. The molecule has 22 heavy (non-hydrogen) atoms. The van der Waals surface area contributed by atoms with E-state index in [2.05, 4.69) is 5.32 Å². The van der Waals surface area contributed by atoms with Crippen molar-refractivity contribution in [1.82, 2.24) is 5.32 Å². The van der Waals surface area contributed by atoms with Gasteiger partial charge in [0.25, 0.3) is 5.69 Å². The van der Waals surface area contributed by atoms with Gasteiger partial charge in [-0.25, -0.2) is 0 Å². The Balaban J connectivity index is 1.81. The van der Waals surface area contributed by atoms with Crippen LogP contribution in [0, 0.1) is 10.1 Å². The predicted octanol–water partition coefficient (Wildman–Crippen LogP) is 2.64. The van der Waals surface area contributed by atoms with Crippen molar-refractivity contribution >= 4 is 23.4 Å². The Labute approximate surface area is 129 Å². The van der Waals surface area contributed by atoms with E-state index in [0.29, 0.717) is 22.8 Å². The fraction of sp³-hybridized carbons (Fsp3) is 0.214. The zero-order valence-corrected chi connectivity index (χ0v) is 12.1. The van der Waals surface area contributed by atoms with Gasteiger partial charge in [0.1, 0.15) is 22.9 Å². The van der Waals surface area contributed by atoms with Crippen LogP contribution in [0.1, 0.15) is 11.1 Å². The number of furan rings is 1. The van der Waals surface area contributed by atoms with E-state index >= 15 is 0 Å². The number of nitrogens with zero attached hydrogens (tertiary/aromatic N) is 1. The van der Waals surface area contributed by atoms with Crippen molar-refractivity contribution in [2.45, 2.75) is 11.4 Å². The lowest BCUT2D eigenvalue weighted by atomic mass is 10.1. The molecule has 2 aromatic rings. The van der Waals surface area contributed by atoms with Gasteiger partial charge in [-0.3, -0.25) is 20.2 Å². The van der Waals surface area contributed by atoms with Crippen LogP contribution in [0.3, 0.4) is 0 Å². The highest BCUT2D eigenvalue weighted by Gasteiger charge is 2.32. The zero-order chi connectivity index (χ0) is 15.7. The number of carbonyl (C=O) groups is 1. The average Bonchev–Trinajstić information content (AvgIpc) is 3.16. The highest BCUT2D eigenvalue weighted by Crippen LogP contribution is 2.36. The molecule has 114 valence electrons. The standard InChI is InChI=1S/C14H12N2O5S/c17-14(18)10-7-22-13(15-10)12-5-4-11(21-12)8-2-1-3-9(6-8)16(19)20/h1-6,10,13,15H,7H2,(H,17,18)/t10-,13-/m1/s1. The fourth-order valence-corrected chi connectivity index (χ4v) is 3.38. The van der Waals surface area contributed by atoms with Gasteiger partial charge in [0, 0.05) is 23.4 Å². The molecule has 0 saturated carbocycles. The van der Waals surface area contributed by atoms with Crippen LogP contribution in [-0.4, -0.2) is 27.8 Å². The van der Waals surface area contributed by atoms with Gasteiger partial charge in [0.15, 0.2) is 0 Å². The van der Waals surface area contributed by atoms with Gasteiger partial charge in [-0.1, -0.05) is 12.1 Å². The number of thioether (sulfide) groups is 1.